The van der Waals surface area contributed by atoms with Gasteiger partial charge in [-0.15, -0.1) is 0 Å². The van der Waals surface area contributed by atoms with Gasteiger partial charge in [-0.3, -0.25) is 9.10 Å². The minimum Gasteiger partial charge on any atom is -0.452 e. The molecule has 1 saturated heterocycles. The first-order valence-corrected chi connectivity index (χ1v) is 11.7. The number of likely N-dealkylation sites (tertiary alicyclic amines) is 1. The van der Waals surface area contributed by atoms with Gasteiger partial charge in [-0.25, -0.2) is 13.2 Å². The minimum absolute atomic E-state index is 0.0293. The van der Waals surface area contributed by atoms with Crippen LogP contribution in [-0.4, -0.2) is 51.9 Å². The Bertz CT molecular complexity index is 1030. The van der Waals surface area contributed by atoms with Crippen LogP contribution in [0.15, 0.2) is 59.5 Å². The molecule has 0 unspecified atom stereocenters. The Morgan fingerprint density at radius 1 is 1.03 bits per heavy atom. The van der Waals surface area contributed by atoms with Crippen LogP contribution in [0.2, 0.25) is 0 Å². The van der Waals surface area contributed by atoms with Gasteiger partial charge in [-0.05, 0) is 48.6 Å². The number of esters is 1. The molecule has 2 atom stereocenters. The van der Waals surface area contributed by atoms with Gasteiger partial charge in [0.25, 0.3) is 15.9 Å². The average Bonchev–Trinajstić information content (AvgIpc) is 2.76. The lowest BCUT2D eigenvalue weighted by Crippen LogP contribution is -2.44. The molecular weight excluding hydrogens is 416 g/mol. The molecule has 1 heterocycles. The molecule has 0 bridgehead atoms. The molecule has 0 aliphatic carbocycles. The molecule has 1 amide bonds. The van der Waals surface area contributed by atoms with E-state index in [-0.39, 0.29) is 23.0 Å². The van der Waals surface area contributed by atoms with Crippen molar-refractivity contribution in [2.45, 2.75) is 25.2 Å². The van der Waals surface area contributed by atoms with E-state index in [0.29, 0.717) is 30.6 Å². The highest BCUT2D eigenvalue weighted by Crippen LogP contribution is 2.23. The number of hydrogen-bond acceptors (Lipinski definition) is 5. The summed E-state index contributed by atoms with van der Waals surface area (Å²) in [7, 11) is -2.41. The summed E-state index contributed by atoms with van der Waals surface area (Å²) in [6.07, 6.45) is 1.07. The van der Waals surface area contributed by atoms with Crippen molar-refractivity contribution in [1.82, 2.24) is 4.90 Å². The van der Waals surface area contributed by atoms with Crippen LogP contribution in [0.25, 0.3) is 0 Å². The van der Waals surface area contributed by atoms with E-state index in [1.165, 1.54) is 31.3 Å². The fourth-order valence-corrected chi connectivity index (χ4v) is 5.13. The molecule has 2 aromatic rings. The number of hydrogen-bond donors (Lipinski definition) is 0. The summed E-state index contributed by atoms with van der Waals surface area (Å²) in [4.78, 5) is 26.6. The fourth-order valence-electron chi connectivity index (χ4n) is 3.89. The predicted molar refractivity (Wildman–Crippen MR) is 118 cm³/mol. The van der Waals surface area contributed by atoms with Crippen LogP contribution in [0.5, 0.6) is 0 Å². The van der Waals surface area contributed by atoms with Gasteiger partial charge < -0.3 is 9.64 Å². The van der Waals surface area contributed by atoms with Gasteiger partial charge in [0.05, 0.1) is 16.1 Å². The summed E-state index contributed by atoms with van der Waals surface area (Å²) in [6, 6.07) is 14.3. The summed E-state index contributed by atoms with van der Waals surface area (Å²) >= 11 is 0. The normalized spacial score (nSPS) is 19.0. The zero-order valence-corrected chi connectivity index (χ0v) is 18.8. The zero-order valence-electron chi connectivity index (χ0n) is 18.0. The Morgan fingerprint density at radius 3 is 2.32 bits per heavy atom. The summed E-state index contributed by atoms with van der Waals surface area (Å²) in [6.45, 7) is 5.14. The number of piperidine rings is 1. The van der Waals surface area contributed by atoms with E-state index in [1.54, 1.807) is 35.2 Å². The third-order valence-electron chi connectivity index (χ3n) is 5.40. The van der Waals surface area contributed by atoms with E-state index in [0.717, 1.165) is 10.7 Å². The number of amides is 1. The topological polar surface area (TPSA) is 84.0 Å². The van der Waals surface area contributed by atoms with Crippen LogP contribution >= 0.6 is 0 Å². The Hall–Kier alpha value is -2.87. The molecule has 3 rings (SSSR count). The number of anilines is 1. The molecule has 7 nitrogen and oxygen atoms in total. The number of carbonyl (C=O) groups is 2. The van der Waals surface area contributed by atoms with E-state index in [2.05, 4.69) is 13.8 Å². The molecule has 2 aromatic carbocycles. The van der Waals surface area contributed by atoms with E-state index in [9.17, 15) is 18.0 Å². The van der Waals surface area contributed by atoms with Gasteiger partial charge in [0, 0.05) is 20.1 Å². The summed E-state index contributed by atoms with van der Waals surface area (Å²) < 4.78 is 32.2. The number of rotatable bonds is 6. The lowest BCUT2D eigenvalue weighted by atomic mass is 9.92. The smallest absolute Gasteiger partial charge is 0.338 e. The van der Waals surface area contributed by atoms with Gasteiger partial charge in [0.2, 0.25) is 0 Å². The highest BCUT2D eigenvalue weighted by atomic mass is 32.2. The van der Waals surface area contributed by atoms with Crippen LogP contribution in [0.4, 0.5) is 5.69 Å². The van der Waals surface area contributed by atoms with E-state index in [4.69, 9.17) is 4.74 Å². The van der Waals surface area contributed by atoms with Gasteiger partial charge in [-0.1, -0.05) is 38.1 Å². The number of para-hydroxylation sites is 1. The largest absolute Gasteiger partial charge is 0.452 e. The summed E-state index contributed by atoms with van der Waals surface area (Å²) in [5.74, 6) is -0.149. The number of carbonyl (C=O) groups excluding carboxylic acids is 2. The number of ether oxygens (including phenoxy) is 1. The van der Waals surface area contributed by atoms with Crippen molar-refractivity contribution in [3.05, 3.63) is 60.2 Å². The van der Waals surface area contributed by atoms with Gasteiger partial charge in [0.15, 0.2) is 6.61 Å². The standard InChI is InChI=1S/C23H28N2O5S/c1-17-12-18(2)15-25(14-17)22(26)16-30-23(27)19-8-7-11-21(13-19)31(28,29)24(3)20-9-5-4-6-10-20/h4-11,13,17-18H,12,14-16H2,1-3H3/t17-,18-/m1/s1. The predicted octanol–water partition coefficient (Wildman–Crippen LogP) is 3.17. The SMILES string of the molecule is C[C@@H]1C[C@@H](C)CN(C(=O)COC(=O)c2cccc(S(=O)(=O)N(C)c3ccccc3)c2)C1. The number of benzene rings is 2. The summed E-state index contributed by atoms with van der Waals surface area (Å²) in [5.41, 5.74) is 0.585. The fraction of sp³-hybridized carbons (Fsp3) is 0.391. The second-order valence-electron chi connectivity index (χ2n) is 8.16. The van der Waals surface area contributed by atoms with Crippen molar-refractivity contribution < 1.29 is 22.7 Å². The van der Waals surface area contributed by atoms with Crippen molar-refractivity contribution in [2.24, 2.45) is 11.8 Å². The van der Waals surface area contributed by atoms with Crippen LogP contribution in [0.3, 0.4) is 0 Å². The minimum atomic E-state index is -3.86. The lowest BCUT2D eigenvalue weighted by Gasteiger charge is -2.34. The van der Waals surface area contributed by atoms with Crippen molar-refractivity contribution >= 4 is 27.6 Å². The highest BCUT2D eigenvalue weighted by molar-refractivity contribution is 7.92. The number of sulfonamides is 1. The Morgan fingerprint density at radius 2 is 1.68 bits per heavy atom. The Labute approximate surface area is 183 Å². The van der Waals surface area contributed by atoms with Crippen LogP contribution in [0.1, 0.15) is 30.6 Å². The van der Waals surface area contributed by atoms with Crippen LogP contribution in [-0.2, 0) is 19.6 Å². The van der Waals surface area contributed by atoms with E-state index < -0.39 is 16.0 Å². The first-order valence-electron chi connectivity index (χ1n) is 10.3. The number of nitrogens with zero attached hydrogens (tertiary/aromatic N) is 2. The molecule has 0 N–H and O–H groups in total. The molecule has 0 saturated carbocycles. The zero-order chi connectivity index (χ0) is 22.6. The molecule has 1 fully saturated rings. The monoisotopic (exact) mass is 444 g/mol. The molecule has 0 aromatic heterocycles. The first-order chi connectivity index (χ1) is 14.7. The van der Waals surface area contributed by atoms with E-state index in [1.807, 2.05) is 0 Å². The second-order valence-corrected chi connectivity index (χ2v) is 10.1. The molecule has 0 spiro atoms. The first kappa shape index (κ1) is 22.8. The van der Waals surface area contributed by atoms with Crippen molar-refractivity contribution in [2.75, 3.05) is 31.0 Å². The Kier molecular flexibility index (Phi) is 7.00. The average molecular weight is 445 g/mol. The van der Waals surface area contributed by atoms with Crippen molar-refractivity contribution in [3.63, 3.8) is 0 Å². The maximum absolute atomic E-state index is 13.0. The maximum atomic E-state index is 13.0. The van der Waals surface area contributed by atoms with Gasteiger partial charge >= 0.3 is 5.97 Å². The maximum Gasteiger partial charge on any atom is 0.338 e. The molecular formula is C23H28N2O5S. The second kappa shape index (κ2) is 9.51. The van der Waals surface area contributed by atoms with Gasteiger partial charge in [0.1, 0.15) is 0 Å². The third-order valence-corrected chi connectivity index (χ3v) is 7.18. The van der Waals surface area contributed by atoms with E-state index >= 15 is 0 Å². The summed E-state index contributed by atoms with van der Waals surface area (Å²) in [5, 5.41) is 0. The van der Waals surface area contributed by atoms with Gasteiger partial charge in [-0.2, -0.15) is 0 Å². The highest BCUT2D eigenvalue weighted by Gasteiger charge is 2.27. The molecule has 31 heavy (non-hydrogen) atoms. The quantitative estimate of drug-likeness (QED) is 0.639. The molecule has 8 heteroatoms. The molecule has 0 radical (unpaired) electrons. The van der Waals surface area contributed by atoms with Crippen LogP contribution in [0, 0.1) is 11.8 Å². The molecule has 1 aliphatic heterocycles. The van der Waals surface area contributed by atoms with Crippen molar-refractivity contribution in [3.8, 4) is 0 Å². The van der Waals surface area contributed by atoms with Crippen molar-refractivity contribution in [1.29, 1.82) is 0 Å². The lowest BCUT2D eigenvalue weighted by molar-refractivity contribution is -0.137. The molecule has 1 aliphatic rings. The van der Waals surface area contributed by atoms with Crippen LogP contribution < -0.4 is 4.31 Å². The third kappa shape index (κ3) is 5.44. The Balaban J connectivity index is 1.68. The molecule has 166 valence electrons.